The van der Waals surface area contributed by atoms with E-state index in [9.17, 15) is 36.7 Å². The number of nitrogens with zero attached hydrogens (tertiary/aromatic N) is 2. The molecule has 0 unspecified atom stereocenters. The van der Waals surface area contributed by atoms with Crippen molar-refractivity contribution in [3.05, 3.63) is 82.7 Å². The molecule has 1 amide bonds. The average molecular weight is 633 g/mol. The van der Waals surface area contributed by atoms with E-state index in [0.717, 1.165) is 28.8 Å². The lowest BCUT2D eigenvalue weighted by molar-refractivity contribution is -0.201. The van der Waals surface area contributed by atoms with Gasteiger partial charge in [0, 0.05) is 40.6 Å². The van der Waals surface area contributed by atoms with Gasteiger partial charge in [-0.15, -0.1) is 0 Å². The van der Waals surface area contributed by atoms with Crippen molar-refractivity contribution in [2.75, 3.05) is 18.2 Å². The second kappa shape index (κ2) is 12.5. The number of imidazole rings is 1. The lowest BCUT2D eigenvalue weighted by Gasteiger charge is -2.17. The van der Waals surface area contributed by atoms with Crippen molar-refractivity contribution in [2.24, 2.45) is 0 Å². The summed E-state index contributed by atoms with van der Waals surface area (Å²) in [4.78, 5) is 29.0. The van der Waals surface area contributed by atoms with Crippen LogP contribution in [0.4, 0.5) is 33.3 Å². The number of hydrogen-bond donors (Lipinski definition) is 3. The smallest absolute Gasteiger partial charge is 0.490 e. The van der Waals surface area contributed by atoms with Gasteiger partial charge in [0.1, 0.15) is 18.1 Å². The molecule has 14 heteroatoms. The topological polar surface area (TPSA) is 129 Å². The van der Waals surface area contributed by atoms with E-state index >= 15 is 0 Å². The van der Waals surface area contributed by atoms with E-state index in [1.807, 2.05) is 32.0 Å². The first-order chi connectivity index (χ1) is 21.1. The maximum absolute atomic E-state index is 14.3. The van der Waals surface area contributed by atoms with Crippen molar-refractivity contribution in [2.45, 2.75) is 45.9 Å². The van der Waals surface area contributed by atoms with E-state index in [1.54, 1.807) is 0 Å². The van der Waals surface area contributed by atoms with Crippen LogP contribution in [0.1, 0.15) is 46.2 Å². The lowest BCUT2D eigenvalue weighted by Crippen LogP contribution is -2.26. The molecular weight excluding hydrogens is 603 g/mol. The normalized spacial score (nSPS) is 11.8. The number of aromatic nitrogens is 2. The van der Waals surface area contributed by atoms with Gasteiger partial charge in [0.2, 0.25) is 0 Å². The van der Waals surface area contributed by atoms with Crippen molar-refractivity contribution in [1.29, 1.82) is 0 Å². The van der Waals surface area contributed by atoms with Gasteiger partial charge in [-0.1, -0.05) is 37.3 Å². The Morgan fingerprint density at radius 2 is 1.64 bits per heavy atom. The molecule has 0 aliphatic rings. The number of amides is 1. The van der Waals surface area contributed by atoms with Crippen LogP contribution >= 0.6 is 0 Å². The maximum Gasteiger partial charge on any atom is 0.490 e. The number of carbonyl (C=O) groups is 2. The minimum absolute atomic E-state index is 0.0161. The van der Waals surface area contributed by atoms with Gasteiger partial charge in [-0.2, -0.15) is 17.9 Å². The van der Waals surface area contributed by atoms with Crippen LogP contribution in [0.5, 0.6) is 5.75 Å². The number of carbonyl (C=O) groups excluding carboxylic acids is 2. The first-order valence-corrected chi connectivity index (χ1v) is 13.5. The maximum atomic E-state index is 14.3. The van der Waals surface area contributed by atoms with E-state index < -0.39 is 54.0 Å². The van der Waals surface area contributed by atoms with E-state index in [2.05, 4.69) is 15.0 Å². The zero-order valence-corrected chi connectivity index (χ0v) is 24.6. The molecule has 45 heavy (non-hydrogen) atoms. The number of anilines is 2. The van der Waals surface area contributed by atoms with Gasteiger partial charge in [-0.25, -0.2) is 18.6 Å². The highest BCUT2D eigenvalue weighted by Crippen LogP contribution is 2.41. The number of hydrogen-bond acceptors (Lipinski definition) is 7. The van der Waals surface area contributed by atoms with Crippen molar-refractivity contribution in [3.63, 3.8) is 0 Å². The Labute approximate surface area is 254 Å². The van der Waals surface area contributed by atoms with Gasteiger partial charge >= 0.3 is 12.1 Å². The Balaban J connectivity index is 1.85. The van der Waals surface area contributed by atoms with Crippen molar-refractivity contribution in [1.82, 2.24) is 9.71 Å². The van der Waals surface area contributed by atoms with Crippen LogP contribution in [-0.4, -0.2) is 40.1 Å². The molecule has 0 saturated heterocycles. The Hall–Kier alpha value is -5.14. The van der Waals surface area contributed by atoms with Gasteiger partial charge in [0.15, 0.2) is 11.5 Å². The number of nitrogens with one attached hydrogen (secondary N) is 1. The molecule has 0 saturated carbocycles. The number of benzene rings is 3. The van der Waals surface area contributed by atoms with Crippen LogP contribution in [0.3, 0.4) is 0 Å². The lowest BCUT2D eigenvalue weighted by atomic mass is 9.93. The molecule has 0 bridgehead atoms. The number of aryl methyl sites for hydroxylation is 2. The molecule has 4 rings (SSSR count). The fourth-order valence-electron chi connectivity index (χ4n) is 4.79. The van der Waals surface area contributed by atoms with E-state index in [4.69, 9.17) is 10.5 Å². The molecule has 238 valence electrons. The van der Waals surface area contributed by atoms with Crippen LogP contribution in [0.25, 0.3) is 22.5 Å². The molecular formula is C31H29F5N4O5. The monoisotopic (exact) mass is 632 g/mol. The minimum Gasteiger partial charge on any atom is -0.496 e. The van der Waals surface area contributed by atoms with Crippen molar-refractivity contribution in [3.8, 4) is 28.3 Å². The summed E-state index contributed by atoms with van der Waals surface area (Å²) in [5.74, 6) is -6.92. The Morgan fingerprint density at radius 1 is 1.00 bits per heavy atom. The van der Waals surface area contributed by atoms with E-state index in [0.29, 0.717) is 11.3 Å². The fourth-order valence-corrected chi connectivity index (χ4v) is 4.79. The predicted octanol–water partition coefficient (Wildman–Crippen LogP) is 7.02. The third-order valence-electron chi connectivity index (χ3n) is 7.06. The molecule has 4 aromatic rings. The molecule has 1 aromatic heterocycles. The second-order valence-corrected chi connectivity index (χ2v) is 10.1. The highest BCUT2D eigenvalue weighted by Gasteiger charge is 2.41. The third kappa shape index (κ3) is 6.69. The highest BCUT2D eigenvalue weighted by molar-refractivity contribution is 6.04. The van der Waals surface area contributed by atoms with Crippen LogP contribution in [-0.2, 0) is 22.1 Å². The van der Waals surface area contributed by atoms with Gasteiger partial charge in [0.05, 0.1) is 7.11 Å². The number of esters is 1. The largest absolute Gasteiger partial charge is 0.496 e. The van der Waals surface area contributed by atoms with Gasteiger partial charge < -0.3 is 25.7 Å². The van der Waals surface area contributed by atoms with Crippen LogP contribution in [0, 0.1) is 13.8 Å². The van der Waals surface area contributed by atoms with Crippen molar-refractivity contribution < 1.29 is 46.2 Å². The summed E-state index contributed by atoms with van der Waals surface area (Å²) in [6, 6.07) is 13.3. The average Bonchev–Trinajstić information content (AvgIpc) is 3.31. The van der Waals surface area contributed by atoms with Crippen LogP contribution < -0.4 is 15.8 Å². The number of nitrogens with two attached hydrogens (primary N) is 1. The van der Waals surface area contributed by atoms with E-state index in [1.165, 1.54) is 38.3 Å². The summed E-state index contributed by atoms with van der Waals surface area (Å²) in [6.07, 6.45) is -5.86. The molecule has 0 aliphatic carbocycles. The zero-order chi connectivity index (χ0) is 33.3. The van der Waals surface area contributed by atoms with Gasteiger partial charge in [-0.3, -0.25) is 4.79 Å². The first kappa shape index (κ1) is 32.8. The quantitative estimate of drug-likeness (QED) is 0.0783. The summed E-state index contributed by atoms with van der Waals surface area (Å²) in [6.45, 7) is 3.84. The fraction of sp³-hybridized carbons (Fsp3) is 0.258. The second-order valence-electron chi connectivity index (χ2n) is 10.1. The van der Waals surface area contributed by atoms with Crippen molar-refractivity contribution >= 4 is 23.3 Å². The molecule has 9 nitrogen and oxygen atoms in total. The molecule has 0 spiro atoms. The number of ether oxygens (including phenoxy) is 2. The Kier molecular flexibility index (Phi) is 9.07. The summed E-state index contributed by atoms with van der Waals surface area (Å²) in [5, 5.41) is 13.5. The van der Waals surface area contributed by atoms with Crippen LogP contribution in [0.2, 0.25) is 0 Å². The Morgan fingerprint density at radius 3 is 2.24 bits per heavy atom. The Bertz CT molecular complexity index is 1750. The summed E-state index contributed by atoms with van der Waals surface area (Å²) in [7, 11) is 1.43. The summed E-state index contributed by atoms with van der Waals surface area (Å²) < 4.78 is 77.4. The van der Waals surface area contributed by atoms with Crippen LogP contribution in [0.15, 0.2) is 54.6 Å². The number of alkyl halides is 5. The van der Waals surface area contributed by atoms with Gasteiger partial charge in [-0.05, 0) is 48.7 Å². The molecule has 3 aromatic carbocycles. The molecule has 0 fully saturated rings. The predicted molar refractivity (Wildman–Crippen MR) is 155 cm³/mol. The molecule has 0 radical (unpaired) electrons. The first-order valence-electron chi connectivity index (χ1n) is 13.5. The summed E-state index contributed by atoms with van der Waals surface area (Å²) in [5.41, 5.74) is 7.60. The number of halogens is 5. The molecule has 0 aliphatic heterocycles. The van der Waals surface area contributed by atoms with E-state index in [-0.39, 0.29) is 27.5 Å². The third-order valence-corrected chi connectivity index (χ3v) is 7.06. The summed E-state index contributed by atoms with van der Waals surface area (Å²) >= 11 is 0. The zero-order valence-electron chi connectivity index (χ0n) is 24.6. The number of nitrogen functional groups attached to an aromatic ring is 1. The number of rotatable bonds is 9. The molecule has 1 heterocycles. The highest BCUT2D eigenvalue weighted by atomic mass is 19.4. The van der Waals surface area contributed by atoms with Gasteiger partial charge in [0.25, 0.3) is 11.8 Å². The SMILES string of the molecule is CCC(F)(F)c1cccc(NC(=O)c2c(COC(=O)C(F)(F)F)nc(-c3cc(-c4c(C)cccc4C)c(OC)cc3N)n2O)c1. The molecule has 4 N–H and O–H groups in total. The standard InChI is InChI=1S/C31H29F5N4O5/c1-5-30(32,33)18-10-7-11-19(12-18)38-28(41)26-23(15-45-29(42)31(34,35)36)39-27(40(26)43)20-13-21(24(44-4)14-22(20)37)25-16(2)8-6-9-17(25)3/h6-14,43H,5,15,37H2,1-4H3,(H,38,41). The molecule has 0 atom stereocenters. The minimum atomic E-state index is -5.35. The number of methoxy groups -OCH3 is 1.